The van der Waals surface area contributed by atoms with Crippen molar-refractivity contribution in [3.05, 3.63) is 29.3 Å². The van der Waals surface area contributed by atoms with Crippen molar-refractivity contribution in [3.63, 3.8) is 0 Å². The average molecular weight is 470 g/mol. The van der Waals surface area contributed by atoms with Gasteiger partial charge in [-0.2, -0.15) is 0 Å². The molecule has 190 valence electrons. The van der Waals surface area contributed by atoms with Crippen molar-refractivity contribution in [3.8, 4) is 5.75 Å². The van der Waals surface area contributed by atoms with Crippen LogP contribution in [0.25, 0.3) is 0 Å². The maximum absolute atomic E-state index is 6.18. The van der Waals surface area contributed by atoms with E-state index in [-0.39, 0.29) is 0 Å². The van der Waals surface area contributed by atoms with Crippen molar-refractivity contribution < 1.29 is 9.47 Å². The van der Waals surface area contributed by atoms with Gasteiger partial charge in [0.1, 0.15) is 5.75 Å². The maximum Gasteiger partial charge on any atom is 0.119 e. The van der Waals surface area contributed by atoms with Gasteiger partial charge in [-0.3, -0.25) is 4.90 Å². The lowest BCUT2D eigenvalue weighted by atomic mass is 9.83. The summed E-state index contributed by atoms with van der Waals surface area (Å²) < 4.78 is 12.1. The van der Waals surface area contributed by atoms with Gasteiger partial charge in [-0.1, -0.05) is 6.07 Å². The molecule has 0 spiro atoms. The first kappa shape index (κ1) is 24.5. The number of hydrogen-bond acceptors (Lipinski definition) is 5. The average Bonchev–Trinajstić information content (AvgIpc) is 3.35. The second kappa shape index (κ2) is 11.7. The Morgan fingerprint density at radius 1 is 0.912 bits per heavy atom. The molecule has 34 heavy (non-hydrogen) atoms. The minimum Gasteiger partial charge on any atom is -0.494 e. The van der Waals surface area contributed by atoms with Crippen LogP contribution in [0, 0.1) is 5.92 Å². The molecule has 0 saturated carbocycles. The predicted molar refractivity (Wildman–Crippen MR) is 139 cm³/mol. The van der Waals surface area contributed by atoms with Crippen molar-refractivity contribution in [2.75, 3.05) is 59.0 Å². The van der Waals surface area contributed by atoms with E-state index in [0.717, 1.165) is 50.4 Å². The summed E-state index contributed by atoms with van der Waals surface area (Å²) in [6.45, 7) is 15.0. The lowest BCUT2D eigenvalue weighted by Crippen LogP contribution is -2.53. The van der Waals surface area contributed by atoms with Crippen LogP contribution in [-0.4, -0.2) is 91.9 Å². The molecule has 1 aliphatic carbocycles. The number of fused-ring (bicyclic) bond motifs is 1. The van der Waals surface area contributed by atoms with E-state index in [0.29, 0.717) is 12.2 Å². The maximum atomic E-state index is 6.18. The normalized spacial score (nSPS) is 29.9. The Kier molecular flexibility index (Phi) is 8.47. The van der Waals surface area contributed by atoms with E-state index in [1.54, 1.807) is 5.56 Å². The zero-order chi connectivity index (χ0) is 23.3. The highest BCUT2D eigenvalue weighted by molar-refractivity contribution is 5.37. The lowest BCUT2D eigenvalue weighted by Gasteiger charge is -2.43. The second-order valence-corrected chi connectivity index (χ2v) is 11.5. The standard InChI is InChI=1S/C29H47N3O2/c1-23-20-32(21-24(2)34-23)28-10-15-30(16-11-28)14-5-17-33-29-9-8-26-18-25(6-7-27(26)19-29)22-31-12-3-4-13-31/h8-9,19,23-25,28H,3-7,10-18,20-22H2,1-2H3. The fraction of sp³-hybridized carbons (Fsp3) is 0.793. The Hall–Kier alpha value is -1.14. The molecule has 1 aromatic rings. The van der Waals surface area contributed by atoms with Gasteiger partial charge in [-0.05, 0) is 121 Å². The summed E-state index contributed by atoms with van der Waals surface area (Å²) in [5.41, 5.74) is 3.10. The topological polar surface area (TPSA) is 28.2 Å². The van der Waals surface area contributed by atoms with Gasteiger partial charge in [0.25, 0.3) is 0 Å². The van der Waals surface area contributed by atoms with Crippen molar-refractivity contribution >= 4 is 0 Å². The van der Waals surface area contributed by atoms with Crippen LogP contribution in [0.4, 0.5) is 0 Å². The molecule has 3 unspecified atom stereocenters. The smallest absolute Gasteiger partial charge is 0.119 e. The molecule has 3 saturated heterocycles. The quantitative estimate of drug-likeness (QED) is 0.532. The van der Waals surface area contributed by atoms with Gasteiger partial charge in [-0.15, -0.1) is 0 Å². The second-order valence-electron chi connectivity index (χ2n) is 11.5. The number of rotatable bonds is 8. The molecule has 4 aliphatic rings. The first-order chi connectivity index (χ1) is 16.6. The molecule has 3 fully saturated rings. The third-order valence-corrected chi connectivity index (χ3v) is 8.63. The van der Waals surface area contributed by atoms with Gasteiger partial charge >= 0.3 is 0 Å². The van der Waals surface area contributed by atoms with Crippen LogP contribution in [0.5, 0.6) is 5.75 Å². The van der Waals surface area contributed by atoms with Crippen LogP contribution < -0.4 is 4.74 Å². The molecule has 3 aliphatic heterocycles. The first-order valence-corrected chi connectivity index (χ1v) is 14.2. The number of benzene rings is 1. The van der Waals surface area contributed by atoms with E-state index in [2.05, 4.69) is 46.7 Å². The van der Waals surface area contributed by atoms with Crippen LogP contribution in [0.3, 0.4) is 0 Å². The molecule has 1 aromatic carbocycles. The summed E-state index contributed by atoms with van der Waals surface area (Å²) in [5.74, 6) is 1.92. The molecule has 3 heterocycles. The third-order valence-electron chi connectivity index (χ3n) is 8.63. The predicted octanol–water partition coefficient (Wildman–Crippen LogP) is 4.23. The summed E-state index contributed by atoms with van der Waals surface area (Å²) in [7, 11) is 0. The number of morpholine rings is 1. The number of ether oxygens (including phenoxy) is 2. The van der Waals surface area contributed by atoms with E-state index in [4.69, 9.17) is 9.47 Å². The number of aryl methyl sites for hydroxylation is 1. The summed E-state index contributed by atoms with van der Waals surface area (Å²) in [5, 5.41) is 0. The van der Waals surface area contributed by atoms with Crippen molar-refractivity contribution in [2.24, 2.45) is 5.92 Å². The zero-order valence-corrected chi connectivity index (χ0v) is 21.7. The van der Waals surface area contributed by atoms with Crippen LogP contribution in [0.2, 0.25) is 0 Å². The van der Waals surface area contributed by atoms with Gasteiger partial charge < -0.3 is 19.3 Å². The van der Waals surface area contributed by atoms with Crippen molar-refractivity contribution in [1.82, 2.24) is 14.7 Å². The molecule has 0 aromatic heterocycles. The van der Waals surface area contributed by atoms with Gasteiger partial charge in [0.05, 0.1) is 18.8 Å². The molecule has 3 atom stereocenters. The van der Waals surface area contributed by atoms with Gasteiger partial charge in [0, 0.05) is 32.2 Å². The van der Waals surface area contributed by atoms with Gasteiger partial charge in [-0.25, -0.2) is 0 Å². The van der Waals surface area contributed by atoms with Crippen molar-refractivity contribution in [1.29, 1.82) is 0 Å². The number of nitrogens with zero attached hydrogens (tertiary/aromatic N) is 3. The number of piperidine rings is 1. The van der Waals surface area contributed by atoms with Crippen LogP contribution in [0.15, 0.2) is 18.2 Å². The van der Waals surface area contributed by atoms with Crippen LogP contribution in [-0.2, 0) is 17.6 Å². The summed E-state index contributed by atoms with van der Waals surface area (Å²) in [6, 6.07) is 7.63. The largest absolute Gasteiger partial charge is 0.494 e. The van der Waals surface area contributed by atoms with E-state index < -0.39 is 0 Å². The van der Waals surface area contributed by atoms with Gasteiger partial charge in [0.2, 0.25) is 0 Å². The Bertz CT molecular complexity index is 763. The molecule has 0 amide bonds. The van der Waals surface area contributed by atoms with E-state index in [9.17, 15) is 0 Å². The molecule has 5 heteroatoms. The lowest BCUT2D eigenvalue weighted by molar-refractivity contribution is -0.0864. The Balaban J connectivity index is 0.991. The monoisotopic (exact) mass is 469 g/mol. The van der Waals surface area contributed by atoms with Crippen LogP contribution in [0.1, 0.15) is 63.5 Å². The van der Waals surface area contributed by atoms with E-state index in [1.165, 1.54) is 83.2 Å². The molecule has 0 N–H and O–H groups in total. The number of likely N-dealkylation sites (tertiary alicyclic amines) is 2. The highest BCUT2D eigenvalue weighted by Crippen LogP contribution is 2.30. The molecular weight excluding hydrogens is 422 g/mol. The SMILES string of the molecule is CC1CN(C2CCN(CCCOc3ccc4c(c3)CCC(CN3CCCC3)C4)CC2)CC(C)O1. The van der Waals surface area contributed by atoms with E-state index in [1.807, 2.05) is 0 Å². The fourth-order valence-electron chi connectivity index (χ4n) is 6.88. The fourth-order valence-corrected chi connectivity index (χ4v) is 6.88. The van der Waals surface area contributed by atoms with Crippen LogP contribution >= 0.6 is 0 Å². The molecule has 0 radical (unpaired) electrons. The molecule has 5 nitrogen and oxygen atoms in total. The summed E-state index contributed by atoms with van der Waals surface area (Å²) in [6.07, 6.45) is 11.1. The minimum absolute atomic E-state index is 0.374. The zero-order valence-electron chi connectivity index (χ0n) is 21.7. The first-order valence-electron chi connectivity index (χ1n) is 14.2. The highest BCUT2D eigenvalue weighted by atomic mass is 16.5. The van der Waals surface area contributed by atoms with Gasteiger partial charge in [0.15, 0.2) is 0 Å². The minimum atomic E-state index is 0.374. The Morgan fingerprint density at radius 3 is 2.44 bits per heavy atom. The summed E-state index contributed by atoms with van der Waals surface area (Å²) >= 11 is 0. The Morgan fingerprint density at radius 2 is 1.68 bits per heavy atom. The molecule has 0 bridgehead atoms. The number of hydrogen-bond donors (Lipinski definition) is 0. The van der Waals surface area contributed by atoms with Crippen molar-refractivity contribution in [2.45, 2.75) is 83.5 Å². The third kappa shape index (κ3) is 6.54. The summed E-state index contributed by atoms with van der Waals surface area (Å²) in [4.78, 5) is 8.00. The Labute approximate surface area is 207 Å². The highest BCUT2D eigenvalue weighted by Gasteiger charge is 2.30. The molecule has 5 rings (SSSR count). The molecular formula is C29H47N3O2. The van der Waals surface area contributed by atoms with E-state index >= 15 is 0 Å².